The quantitative estimate of drug-likeness (QED) is 0.708. The van der Waals surface area contributed by atoms with Crippen molar-refractivity contribution in [3.05, 3.63) is 45.4 Å². The number of benzene rings is 1. The molecule has 0 fully saturated rings. The molecule has 0 unspecified atom stereocenters. The van der Waals surface area contributed by atoms with Gasteiger partial charge in [-0.25, -0.2) is 9.78 Å². The van der Waals surface area contributed by atoms with E-state index in [0.29, 0.717) is 0 Å². The van der Waals surface area contributed by atoms with Crippen LogP contribution in [0.1, 0.15) is 21.6 Å². The second-order valence-electron chi connectivity index (χ2n) is 4.71. The molecule has 0 amide bonds. The van der Waals surface area contributed by atoms with Crippen molar-refractivity contribution in [2.75, 3.05) is 0 Å². The molecular formula is C13H6F6N2O4. The molecule has 1 heterocycles. The van der Waals surface area contributed by atoms with Crippen LogP contribution in [-0.4, -0.2) is 26.2 Å². The molecular weight excluding hydrogens is 362 g/mol. The fourth-order valence-corrected chi connectivity index (χ4v) is 1.84. The van der Waals surface area contributed by atoms with Crippen LogP contribution in [0.5, 0.6) is 5.75 Å². The number of aromatic amines is 1. The van der Waals surface area contributed by atoms with E-state index in [1.165, 1.54) is 0 Å². The molecule has 0 saturated heterocycles. The predicted octanol–water partition coefficient (Wildman–Crippen LogP) is 2.88. The zero-order valence-corrected chi connectivity index (χ0v) is 11.7. The van der Waals surface area contributed by atoms with Crippen molar-refractivity contribution in [2.45, 2.75) is 12.4 Å². The average Bonchev–Trinajstić information content (AvgIpc) is 2.47. The number of halogens is 6. The first-order valence-corrected chi connectivity index (χ1v) is 6.17. The molecule has 6 nitrogen and oxygen atoms in total. The third-order valence-electron chi connectivity index (χ3n) is 2.96. The molecule has 1 aromatic heterocycles. The molecule has 134 valence electrons. The topological polar surface area (TPSA) is 103 Å². The lowest BCUT2D eigenvalue weighted by Crippen LogP contribution is -2.16. The van der Waals surface area contributed by atoms with Crippen LogP contribution in [0.15, 0.2) is 23.0 Å². The maximum atomic E-state index is 12.8. The summed E-state index contributed by atoms with van der Waals surface area (Å²) >= 11 is 0. The Hall–Kier alpha value is -3.05. The van der Waals surface area contributed by atoms with Crippen molar-refractivity contribution in [3.63, 3.8) is 0 Å². The van der Waals surface area contributed by atoms with E-state index in [4.69, 9.17) is 5.11 Å². The molecule has 0 radical (unpaired) electrons. The van der Waals surface area contributed by atoms with Gasteiger partial charge in [0.15, 0.2) is 5.69 Å². The Balaban J connectivity index is 2.79. The maximum absolute atomic E-state index is 12.8. The predicted molar refractivity (Wildman–Crippen MR) is 68.9 cm³/mol. The SMILES string of the molecule is O=C(O)c1nc(-c2cc(C(F)(F)F)cc(C(F)(F)F)c2)[nH]c(=O)c1O. The van der Waals surface area contributed by atoms with Gasteiger partial charge < -0.3 is 15.2 Å². The second kappa shape index (κ2) is 5.79. The smallest absolute Gasteiger partial charge is 0.416 e. The van der Waals surface area contributed by atoms with Gasteiger partial charge in [0.2, 0.25) is 5.75 Å². The highest BCUT2D eigenvalue weighted by molar-refractivity contribution is 5.88. The van der Waals surface area contributed by atoms with Crippen LogP contribution in [0.4, 0.5) is 26.3 Å². The summed E-state index contributed by atoms with van der Waals surface area (Å²) in [6.45, 7) is 0. The van der Waals surface area contributed by atoms with Crippen LogP contribution >= 0.6 is 0 Å². The van der Waals surface area contributed by atoms with E-state index in [1.807, 2.05) is 0 Å². The van der Waals surface area contributed by atoms with Crippen LogP contribution < -0.4 is 5.56 Å². The molecule has 0 aliphatic carbocycles. The fraction of sp³-hybridized carbons (Fsp3) is 0.154. The molecule has 1 aromatic carbocycles. The van der Waals surface area contributed by atoms with E-state index in [1.54, 1.807) is 4.98 Å². The summed E-state index contributed by atoms with van der Waals surface area (Å²) in [6.07, 6.45) is -10.3. The number of carboxylic acids is 1. The minimum Gasteiger partial charge on any atom is -0.501 e. The Kier molecular flexibility index (Phi) is 4.24. The standard InChI is InChI=1S/C13H6F6N2O4/c14-12(15,16)5-1-4(2-6(3-5)13(17,18)19)9-20-7(11(24)25)8(22)10(23)21-9/h1-3,22H,(H,24,25)(H,20,21,23). The van der Waals surface area contributed by atoms with Gasteiger partial charge in [-0.05, 0) is 18.2 Å². The Bertz CT molecular complexity index is 869. The minimum absolute atomic E-state index is 0.139. The molecule has 12 heteroatoms. The van der Waals surface area contributed by atoms with Crippen molar-refractivity contribution in [2.24, 2.45) is 0 Å². The zero-order valence-electron chi connectivity index (χ0n) is 11.7. The van der Waals surface area contributed by atoms with Gasteiger partial charge in [0.05, 0.1) is 11.1 Å². The van der Waals surface area contributed by atoms with Gasteiger partial charge in [0.25, 0.3) is 5.56 Å². The van der Waals surface area contributed by atoms with Crippen molar-refractivity contribution in [1.82, 2.24) is 9.97 Å². The number of hydrogen-bond donors (Lipinski definition) is 3. The first kappa shape index (κ1) is 18.3. The number of aromatic hydroxyl groups is 1. The average molecular weight is 368 g/mol. The number of H-pyrrole nitrogens is 1. The molecule has 2 aromatic rings. The Morgan fingerprint density at radius 1 is 1.00 bits per heavy atom. The highest BCUT2D eigenvalue weighted by atomic mass is 19.4. The van der Waals surface area contributed by atoms with Crippen molar-refractivity contribution in [1.29, 1.82) is 0 Å². The molecule has 25 heavy (non-hydrogen) atoms. The number of rotatable bonds is 2. The Morgan fingerprint density at radius 2 is 1.48 bits per heavy atom. The third-order valence-corrected chi connectivity index (χ3v) is 2.96. The van der Waals surface area contributed by atoms with Gasteiger partial charge in [-0.3, -0.25) is 4.79 Å². The lowest BCUT2D eigenvalue weighted by molar-refractivity contribution is -0.143. The van der Waals surface area contributed by atoms with Crippen molar-refractivity contribution in [3.8, 4) is 17.1 Å². The number of alkyl halides is 6. The molecule has 0 aliphatic rings. The first-order valence-electron chi connectivity index (χ1n) is 6.17. The van der Waals surface area contributed by atoms with Crippen LogP contribution in [0.3, 0.4) is 0 Å². The number of hydrogen-bond acceptors (Lipinski definition) is 4. The summed E-state index contributed by atoms with van der Waals surface area (Å²) in [4.78, 5) is 27.3. The molecule has 0 atom stereocenters. The van der Waals surface area contributed by atoms with Crippen LogP contribution in [0, 0.1) is 0 Å². The number of aromatic nitrogens is 2. The normalized spacial score (nSPS) is 12.2. The molecule has 3 N–H and O–H groups in total. The maximum Gasteiger partial charge on any atom is 0.416 e. The Morgan fingerprint density at radius 3 is 1.88 bits per heavy atom. The monoisotopic (exact) mass is 368 g/mol. The van der Waals surface area contributed by atoms with E-state index < -0.39 is 57.8 Å². The van der Waals surface area contributed by atoms with Crippen LogP contribution in [-0.2, 0) is 12.4 Å². The lowest BCUT2D eigenvalue weighted by Gasteiger charge is -2.14. The highest BCUT2D eigenvalue weighted by Crippen LogP contribution is 2.38. The van der Waals surface area contributed by atoms with E-state index >= 15 is 0 Å². The molecule has 0 saturated carbocycles. The number of aromatic carboxylic acids is 1. The third kappa shape index (κ3) is 3.72. The molecule has 2 rings (SSSR count). The summed E-state index contributed by atoms with van der Waals surface area (Å²) in [5, 5.41) is 18.1. The summed E-state index contributed by atoms with van der Waals surface area (Å²) in [5.74, 6) is -4.11. The van der Waals surface area contributed by atoms with Crippen molar-refractivity contribution >= 4 is 5.97 Å². The van der Waals surface area contributed by atoms with Gasteiger partial charge in [-0.2, -0.15) is 26.3 Å². The second-order valence-corrected chi connectivity index (χ2v) is 4.71. The number of carbonyl (C=O) groups is 1. The molecule has 0 spiro atoms. The summed E-state index contributed by atoms with van der Waals surface area (Å²) in [7, 11) is 0. The Labute approximate surface area is 133 Å². The number of carboxylic acid groups (broad SMARTS) is 1. The van der Waals surface area contributed by atoms with E-state index in [-0.39, 0.29) is 18.2 Å². The summed E-state index contributed by atoms with van der Waals surface area (Å²) in [5.41, 5.74) is -6.84. The number of nitrogens with zero attached hydrogens (tertiary/aromatic N) is 1. The van der Waals surface area contributed by atoms with Gasteiger partial charge in [-0.1, -0.05) is 0 Å². The zero-order chi connectivity index (χ0) is 19.2. The van der Waals surface area contributed by atoms with Crippen LogP contribution in [0.2, 0.25) is 0 Å². The lowest BCUT2D eigenvalue weighted by atomic mass is 10.0. The van der Waals surface area contributed by atoms with Crippen LogP contribution in [0.25, 0.3) is 11.4 Å². The highest BCUT2D eigenvalue weighted by Gasteiger charge is 2.37. The van der Waals surface area contributed by atoms with Gasteiger partial charge in [0, 0.05) is 5.56 Å². The fourth-order valence-electron chi connectivity index (χ4n) is 1.84. The summed E-state index contributed by atoms with van der Waals surface area (Å²) < 4.78 is 76.9. The van der Waals surface area contributed by atoms with E-state index in [0.717, 1.165) is 0 Å². The minimum atomic E-state index is -5.14. The van der Waals surface area contributed by atoms with Gasteiger partial charge >= 0.3 is 18.3 Å². The molecule has 0 bridgehead atoms. The van der Waals surface area contributed by atoms with E-state index in [9.17, 15) is 41.0 Å². The number of nitrogens with one attached hydrogen (secondary N) is 1. The van der Waals surface area contributed by atoms with Crippen molar-refractivity contribution < 1.29 is 41.4 Å². The largest absolute Gasteiger partial charge is 0.501 e. The first-order chi connectivity index (χ1) is 11.3. The van der Waals surface area contributed by atoms with Gasteiger partial charge in [0.1, 0.15) is 5.82 Å². The van der Waals surface area contributed by atoms with E-state index in [2.05, 4.69) is 4.98 Å². The summed E-state index contributed by atoms with van der Waals surface area (Å²) in [6, 6.07) is 0.381. The van der Waals surface area contributed by atoms with Gasteiger partial charge in [-0.15, -0.1) is 0 Å². The molecule has 0 aliphatic heterocycles.